The Morgan fingerprint density at radius 1 is 1.54 bits per heavy atom. The molecule has 0 aromatic heterocycles. The Labute approximate surface area is 79.5 Å². The van der Waals surface area contributed by atoms with Crippen LogP contribution in [0.2, 0.25) is 0 Å². The van der Waals surface area contributed by atoms with Gasteiger partial charge in [-0.1, -0.05) is 0 Å². The average Bonchev–Trinajstić information content (AvgIpc) is 2.02. The van der Waals surface area contributed by atoms with E-state index in [-0.39, 0.29) is 5.54 Å². The maximum atomic E-state index is 11.4. The molecule has 74 valence electrons. The molecule has 0 bridgehead atoms. The van der Waals surface area contributed by atoms with Crippen molar-refractivity contribution in [2.24, 2.45) is 0 Å². The number of carbonyl (C=O) groups is 1. The van der Waals surface area contributed by atoms with E-state index in [0.717, 1.165) is 25.9 Å². The van der Waals surface area contributed by atoms with Gasteiger partial charge in [-0.2, -0.15) is 0 Å². The van der Waals surface area contributed by atoms with E-state index in [2.05, 4.69) is 17.3 Å². The van der Waals surface area contributed by atoms with Gasteiger partial charge in [0.1, 0.15) is 5.78 Å². The molecule has 0 amide bonds. The predicted octanol–water partition coefficient (Wildman–Crippen LogP) is 0.403. The quantitative estimate of drug-likeness (QED) is 0.588. The first-order valence-corrected chi connectivity index (χ1v) is 5.16. The van der Waals surface area contributed by atoms with Crippen molar-refractivity contribution in [1.29, 1.82) is 0 Å². The first-order chi connectivity index (χ1) is 6.20. The van der Waals surface area contributed by atoms with Gasteiger partial charge in [0.2, 0.25) is 0 Å². The summed E-state index contributed by atoms with van der Waals surface area (Å²) < 4.78 is 0. The minimum absolute atomic E-state index is 0.127. The highest BCUT2D eigenvalue weighted by Crippen LogP contribution is 2.26. The molecule has 0 aliphatic carbocycles. The normalized spacial score (nSPS) is 36.8. The molecule has 0 radical (unpaired) electrons. The van der Waals surface area contributed by atoms with Crippen LogP contribution >= 0.6 is 0 Å². The second-order valence-corrected chi connectivity index (χ2v) is 4.51. The van der Waals surface area contributed by atoms with Crippen molar-refractivity contribution in [2.45, 2.75) is 31.2 Å². The molecule has 1 N–H and O–H groups in total. The van der Waals surface area contributed by atoms with Gasteiger partial charge in [-0.3, -0.25) is 4.79 Å². The molecule has 2 heterocycles. The summed E-state index contributed by atoms with van der Waals surface area (Å²) in [5.41, 5.74) is 0.127. The van der Waals surface area contributed by atoms with Gasteiger partial charge in [-0.25, -0.2) is 0 Å². The standard InChI is InChI=1S/C10H18N2O/c1-12-6-2-4-10(8-12)7-9(13)3-5-11-10/h11H,2-8H2,1H3. The molecule has 2 fully saturated rings. The topological polar surface area (TPSA) is 32.3 Å². The van der Waals surface area contributed by atoms with Crippen LogP contribution in [-0.4, -0.2) is 42.9 Å². The number of Topliss-reactive ketones (excluding diaryl/α,β-unsaturated/α-hetero) is 1. The van der Waals surface area contributed by atoms with Gasteiger partial charge >= 0.3 is 0 Å². The molecule has 2 rings (SSSR count). The number of nitrogens with one attached hydrogen (secondary N) is 1. The summed E-state index contributed by atoms with van der Waals surface area (Å²) in [6.07, 6.45) is 3.86. The summed E-state index contributed by atoms with van der Waals surface area (Å²) in [4.78, 5) is 13.7. The van der Waals surface area contributed by atoms with Crippen molar-refractivity contribution in [2.75, 3.05) is 26.7 Å². The van der Waals surface area contributed by atoms with Gasteiger partial charge in [0.15, 0.2) is 0 Å². The number of hydrogen-bond acceptors (Lipinski definition) is 3. The summed E-state index contributed by atoms with van der Waals surface area (Å²) in [6.45, 7) is 3.10. The highest BCUT2D eigenvalue weighted by Gasteiger charge is 2.37. The number of carbonyl (C=O) groups excluding carboxylic acids is 1. The fourth-order valence-electron chi connectivity index (χ4n) is 2.65. The second kappa shape index (κ2) is 3.39. The van der Waals surface area contributed by atoms with E-state index >= 15 is 0 Å². The minimum atomic E-state index is 0.127. The lowest BCUT2D eigenvalue weighted by molar-refractivity contribution is -0.122. The molecule has 0 aromatic rings. The van der Waals surface area contributed by atoms with Gasteiger partial charge in [-0.15, -0.1) is 0 Å². The van der Waals surface area contributed by atoms with E-state index in [4.69, 9.17) is 0 Å². The lowest BCUT2D eigenvalue weighted by Crippen LogP contribution is -2.59. The maximum Gasteiger partial charge on any atom is 0.136 e. The van der Waals surface area contributed by atoms with Crippen LogP contribution in [0.25, 0.3) is 0 Å². The van der Waals surface area contributed by atoms with Crippen molar-refractivity contribution >= 4 is 5.78 Å². The van der Waals surface area contributed by atoms with E-state index in [1.54, 1.807) is 0 Å². The highest BCUT2D eigenvalue weighted by molar-refractivity contribution is 5.80. The first kappa shape index (κ1) is 9.16. The Bertz CT molecular complexity index is 213. The zero-order chi connectivity index (χ0) is 9.31. The first-order valence-electron chi connectivity index (χ1n) is 5.16. The third kappa shape index (κ3) is 1.92. The van der Waals surface area contributed by atoms with E-state index < -0.39 is 0 Å². The molecule has 2 aliphatic heterocycles. The number of ketones is 1. The molecule has 1 atom stereocenters. The Morgan fingerprint density at radius 3 is 3.08 bits per heavy atom. The molecule has 0 saturated carbocycles. The van der Waals surface area contributed by atoms with Crippen LogP contribution in [0, 0.1) is 0 Å². The smallest absolute Gasteiger partial charge is 0.136 e. The third-order valence-electron chi connectivity index (χ3n) is 3.21. The average molecular weight is 182 g/mol. The molecule has 2 aliphatic rings. The molecule has 1 unspecified atom stereocenters. The predicted molar refractivity (Wildman–Crippen MR) is 51.7 cm³/mol. The number of likely N-dealkylation sites (N-methyl/N-ethyl adjacent to an activating group) is 1. The van der Waals surface area contributed by atoms with Gasteiger partial charge in [0.25, 0.3) is 0 Å². The lowest BCUT2D eigenvalue weighted by atomic mass is 9.81. The lowest BCUT2D eigenvalue weighted by Gasteiger charge is -2.44. The number of likely N-dealkylation sites (tertiary alicyclic amines) is 1. The Kier molecular flexibility index (Phi) is 2.39. The second-order valence-electron chi connectivity index (χ2n) is 4.51. The number of hydrogen-bond donors (Lipinski definition) is 1. The maximum absolute atomic E-state index is 11.4. The van der Waals surface area contributed by atoms with Crippen LogP contribution in [0.15, 0.2) is 0 Å². The van der Waals surface area contributed by atoms with E-state index in [9.17, 15) is 4.79 Å². The Hall–Kier alpha value is -0.410. The molecule has 2 saturated heterocycles. The van der Waals surface area contributed by atoms with Crippen LogP contribution < -0.4 is 5.32 Å². The summed E-state index contributed by atoms with van der Waals surface area (Å²) in [7, 11) is 2.14. The molecule has 1 spiro atoms. The zero-order valence-corrected chi connectivity index (χ0v) is 8.31. The third-order valence-corrected chi connectivity index (χ3v) is 3.21. The molecule has 0 aromatic carbocycles. The number of piperidine rings is 2. The van der Waals surface area contributed by atoms with Crippen LogP contribution in [-0.2, 0) is 4.79 Å². The number of nitrogens with zero attached hydrogens (tertiary/aromatic N) is 1. The van der Waals surface area contributed by atoms with Crippen molar-refractivity contribution in [3.05, 3.63) is 0 Å². The molecule has 3 nitrogen and oxygen atoms in total. The number of rotatable bonds is 0. The Morgan fingerprint density at radius 2 is 2.38 bits per heavy atom. The highest BCUT2D eigenvalue weighted by atomic mass is 16.1. The summed E-state index contributed by atoms with van der Waals surface area (Å²) in [5, 5.41) is 3.53. The molecule has 13 heavy (non-hydrogen) atoms. The molecular weight excluding hydrogens is 164 g/mol. The summed E-state index contributed by atoms with van der Waals surface area (Å²) in [5.74, 6) is 0.439. The fourth-order valence-corrected chi connectivity index (χ4v) is 2.65. The van der Waals surface area contributed by atoms with Crippen LogP contribution in [0.4, 0.5) is 0 Å². The minimum Gasteiger partial charge on any atom is -0.309 e. The SMILES string of the molecule is CN1CCCC2(CC(=O)CCN2)C1. The monoisotopic (exact) mass is 182 g/mol. The summed E-state index contributed by atoms with van der Waals surface area (Å²) >= 11 is 0. The van der Waals surface area contributed by atoms with Gasteiger partial charge in [-0.05, 0) is 26.4 Å². The van der Waals surface area contributed by atoms with E-state index in [0.29, 0.717) is 5.78 Å². The molecular formula is C10H18N2O. The van der Waals surface area contributed by atoms with Crippen LogP contribution in [0.1, 0.15) is 25.7 Å². The van der Waals surface area contributed by atoms with Gasteiger partial charge in [0, 0.05) is 31.5 Å². The van der Waals surface area contributed by atoms with Crippen molar-refractivity contribution < 1.29 is 4.79 Å². The zero-order valence-electron chi connectivity index (χ0n) is 8.31. The Balaban J connectivity index is 2.04. The van der Waals surface area contributed by atoms with Gasteiger partial charge < -0.3 is 10.2 Å². The van der Waals surface area contributed by atoms with Gasteiger partial charge in [0.05, 0.1) is 0 Å². The van der Waals surface area contributed by atoms with Crippen molar-refractivity contribution in [3.8, 4) is 0 Å². The van der Waals surface area contributed by atoms with E-state index in [1.807, 2.05) is 0 Å². The van der Waals surface area contributed by atoms with E-state index in [1.165, 1.54) is 19.4 Å². The summed E-state index contributed by atoms with van der Waals surface area (Å²) in [6, 6.07) is 0. The van der Waals surface area contributed by atoms with Crippen LogP contribution in [0.3, 0.4) is 0 Å². The van der Waals surface area contributed by atoms with Crippen LogP contribution in [0.5, 0.6) is 0 Å². The fraction of sp³-hybridized carbons (Fsp3) is 0.900. The van der Waals surface area contributed by atoms with Crippen molar-refractivity contribution in [1.82, 2.24) is 10.2 Å². The molecule has 3 heteroatoms. The van der Waals surface area contributed by atoms with Crippen molar-refractivity contribution in [3.63, 3.8) is 0 Å². The largest absolute Gasteiger partial charge is 0.309 e.